The summed E-state index contributed by atoms with van der Waals surface area (Å²) in [4.78, 5) is 40.4. The zero-order valence-corrected chi connectivity index (χ0v) is 18.6. The van der Waals surface area contributed by atoms with E-state index in [9.17, 15) is 19.7 Å². The van der Waals surface area contributed by atoms with Crippen LogP contribution in [-0.4, -0.2) is 35.4 Å². The molecule has 0 unspecified atom stereocenters. The lowest BCUT2D eigenvalue weighted by Gasteiger charge is -2.11. The number of ketones is 1. The summed E-state index contributed by atoms with van der Waals surface area (Å²) in [5, 5.41) is 11.8. The van der Waals surface area contributed by atoms with Gasteiger partial charge in [-0.05, 0) is 48.5 Å². The first-order valence-electron chi connectivity index (χ1n) is 10.1. The minimum Gasteiger partial charge on any atom is -0.497 e. The number of pyridine rings is 1. The topological polar surface area (TPSA) is 109 Å². The van der Waals surface area contributed by atoms with Gasteiger partial charge in [-0.3, -0.25) is 14.9 Å². The predicted molar refractivity (Wildman–Crippen MR) is 126 cm³/mol. The third-order valence-electron chi connectivity index (χ3n) is 5.09. The van der Waals surface area contributed by atoms with Crippen molar-refractivity contribution in [2.45, 2.75) is 0 Å². The Labute approximate surface area is 198 Å². The molecule has 0 atom stereocenters. The molecular weight excluding hydrogens is 460 g/mol. The van der Waals surface area contributed by atoms with Crippen LogP contribution in [0.25, 0.3) is 22.2 Å². The van der Waals surface area contributed by atoms with Gasteiger partial charge in [0.2, 0.25) is 5.78 Å². The number of nitrogens with zero attached hydrogens (tertiary/aromatic N) is 2. The maximum absolute atomic E-state index is 13.0. The first-order chi connectivity index (χ1) is 16.4. The highest BCUT2D eigenvalue weighted by Crippen LogP contribution is 2.28. The second kappa shape index (κ2) is 9.68. The molecule has 170 valence electrons. The molecule has 0 radical (unpaired) electrons. The number of hydrogen-bond donors (Lipinski definition) is 0. The van der Waals surface area contributed by atoms with Crippen LogP contribution in [0.3, 0.4) is 0 Å². The Kier molecular flexibility index (Phi) is 6.51. The van der Waals surface area contributed by atoms with Crippen molar-refractivity contribution in [2.75, 3.05) is 13.7 Å². The van der Waals surface area contributed by atoms with E-state index in [-0.39, 0.29) is 16.8 Å². The highest BCUT2D eigenvalue weighted by Gasteiger charge is 2.19. The summed E-state index contributed by atoms with van der Waals surface area (Å²) < 4.78 is 10.5. The first kappa shape index (κ1) is 22.9. The van der Waals surface area contributed by atoms with Gasteiger partial charge in [0.1, 0.15) is 5.75 Å². The number of halogens is 1. The lowest BCUT2D eigenvalue weighted by molar-refractivity contribution is -0.384. The number of carbonyl (C=O) groups excluding carboxylic acids is 2. The number of carbonyl (C=O) groups is 2. The summed E-state index contributed by atoms with van der Waals surface area (Å²) in [5.74, 6) is -0.636. The van der Waals surface area contributed by atoms with Gasteiger partial charge in [-0.2, -0.15) is 0 Å². The second-order valence-corrected chi connectivity index (χ2v) is 7.69. The molecule has 0 saturated heterocycles. The fraction of sp³-hybridized carbons (Fsp3) is 0.0800. The van der Waals surface area contributed by atoms with Gasteiger partial charge in [0.25, 0.3) is 5.69 Å². The molecule has 1 aromatic heterocycles. The summed E-state index contributed by atoms with van der Waals surface area (Å²) in [5.41, 5.74) is 1.83. The van der Waals surface area contributed by atoms with E-state index >= 15 is 0 Å². The van der Waals surface area contributed by atoms with Crippen LogP contribution < -0.4 is 4.74 Å². The molecule has 0 spiro atoms. The molecule has 4 aromatic rings. The summed E-state index contributed by atoms with van der Waals surface area (Å²) in [6.45, 7) is -0.581. The quantitative estimate of drug-likeness (QED) is 0.150. The Morgan fingerprint density at radius 1 is 1.03 bits per heavy atom. The number of rotatable bonds is 7. The minimum atomic E-state index is -0.747. The Morgan fingerprint density at radius 3 is 2.50 bits per heavy atom. The van der Waals surface area contributed by atoms with Crippen molar-refractivity contribution >= 4 is 39.9 Å². The zero-order valence-electron chi connectivity index (χ0n) is 17.9. The Hall–Kier alpha value is -4.30. The SMILES string of the molecule is COc1ccc(-c2cc(C(=O)OCC(=O)c3cccc([N+](=O)[O-])c3)c3cc(Cl)ccc3n2)cc1. The molecular formula is C25H17ClN2O6. The molecule has 0 aliphatic rings. The molecule has 0 N–H and O–H groups in total. The van der Waals surface area contributed by atoms with Crippen LogP contribution >= 0.6 is 11.6 Å². The average Bonchev–Trinajstić information content (AvgIpc) is 2.86. The average molecular weight is 477 g/mol. The van der Waals surface area contributed by atoms with Gasteiger partial charge in [0.05, 0.1) is 28.8 Å². The number of esters is 1. The van der Waals surface area contributed by atoms with E-state index < -0.39 is 23.3 Å². The normalized spacial score (nSPS) is 10.6. The molecule has 0 bridgehead atoms. The molecule has 8 nitrogen and oxygen atoms in total. The highest BCUT2D eigenvalue weighted by molar-refractivity contribution is 6.31. The van der Waals surface area contributed by atoms with Gasteiger partial charge in [-0.1, -0.05) is 23.7 Å². The highest BCUT2D eigenvalue weighted by atomic mass is 35.5. The number of fused-ring (bicyclic) bond motifs is 1. The van der Waals surface area contributed by atoms with E-state index in [1.54, 1.807) is 43.5 Å². The van der Waals surface area contributed by atoms with Crippen LogP contribution in [0.2, 0.25) is 5.02 Å². The van der Waals surface area contributed by atoms with Gasteiger partial charge >= 0.3 is 5.97 Å². The third kappa shape index (κ3) is 4.87. The molecule has 0 fully saturated rings. The smallest absolute Gasteiger partial charge is 0.339 e. The zero-order chi connectivity index (χ0) is 24.2. The van der Waals surface area contributed by atoms with Crippen molar-refractivity contribution in [3.8, 4) is 17.0 Å². The van der Waals surface area contributed by atoms with Gasteiger partial charge < -0.3 is 9.47 Å². The number of nitro groups is 1. The van der Waals surface area contributed by atoms with Gasteiger partial charge in [-0.25, -0.2) is 9.78 Å². The number of ether oxygens (including phenoxy) is 2. The molecule has 9 heteroatoms. The van der Waals surface area contributed by atoms with Crippen LogP contribution in [0.5, 0.6) is 5.75 Å². The van der Waals surface area contributed by atoms with E-state index in [0.29, 0.717) is 27.4 Å². The Morgan fingerprint density at radius 2 is 1.79 bits per heavy atom. The minimum absolute atomic E-state index is 0.0727. The Bertz CT molecular complexity index is 1420. The number of nitro benzene ring substituents is 1. The fourth-order valence-corrected chi connectivity index (χ4v) is 3.53. The second-order valence-electron chi connectivity index (χ2n) is 7.25. The molecule has 3 aromatic carbocycles. The largest absolute Gasteiger partial charge is 0.497 e. The van der Waals surface area contributed by atoms with Crippen molar-refractivity contribution in [3.05, 3.63) is 99.1 Å². The van der Waals surface area contributed by atoms with E-state index in [1.165, 1.54) is 18.2 Å². The number of non-ortho nitro benzene ring substituents is 1. The van der Waals surface area contributed by atoms with Gasteiger partial charge in [0, 0.05) is 33.7 Å². The lowest BCUT2D eigenvalue weighted by Crippen LogP contribution is -2.15. The third-order valence-corrected chi connectivity index (χ3v) is 5.32. The first-order valence-corrected chi connectivity index (χ1v) is 10.4. The summed E-state index contributed by atoms with van der Waals surface area (Å²) in [6.07, 6.45) is 0. The summed E-state index contributed by atoms with van der Waals surface area (Å²) >= 11 is 6.13. The van der Waals surface area contributed by atoms with Crippen LogP contribution in [-0.2, 0) is 4.74 Å². The number of benzene rings is 3. The Balaban J connectivity index is 1.64. The van der Waals surface area contributed by atoms with Gasteiger partial charge in [-0.15, -0.1) is 0 Å². The maximum atomic E-state index is 13.0. The number of methoxy groups -OCH3 is 1. The summed E-state index contributed by atoms with van der Waals surface area (Å²) in [7, 11) is 1.57. The van der Waals surface area contributed by atoms with Crippen LogP contribution in [0.15, 0.2) is 72.8 Å². The van der Waals surface area contributed by atoms with E-state index in [2.05, 4.69) is 4.98 Å². The van der Waals surface area contributed by atoms with Crippen molar-refractivity contribution in [2.24, 2.45) is 0 Å². The number of hydrogen-bond acceptors (Lipinski definition) is 7. The van der Waals surface area contributed by atoms with E-state index in [0.717, 1.165) is 11.6 Å². The van der Waals surface area contributed by atoms with Gasteiger partial charge in [0.15, 0.2) is 6.61 Å². The standard InChI is InChI=1S/C25H17ClN2O6/c1-33-19-8-5-15(6-9-19)23-13-21(20-12-17(26)7-10-22(20)27-23)25(30)34-14-24(29)16-3-2-4-18(11-16)28(31)32/h2-13H,14H2,1H3. The van der Waals surface area contributed by atoms with Crippen molar-refractivity contribution in [3.63, 3.8) is 0 Å². The number of aromatic nitrogens is 1. The van der Waals surface area contributed by atoms with Crippen LogP contribution in [0, 0.1) is 10.1 Å². The van der Waals surface area contributed by atoms with Crippen molar-refractivity contribution in [1.82, 2.24) is 4.98 Å². The lowest BCUT2D eigenvalue weighted by atomic mass is 10.0. The molecule has 34 heavy (non-hydrogen) atoms. The van der Waals surface area contributed by atoms with Crippen LogP contribution in [0.1, 0.15) is 20.7 Å². The molecule has 1 heterocycles. The predicted octanol–water partition coefficient (Wildman–Crippen LogP) is 5.51. The van der Waals surface area contributed by atoms with E-state index in [4.69, 9.17) is 21.1 Å². The van der Waals surface area contributed by atoms with Crippen molar-refractivity contribution in [1.29, 1.82) is 0 Å². The van der Waals surface area contributed by atoms with Crippen molar-refractivity contribution < 1.29 is 24.0 Å². The molecule has 4 rings (SSSR count). The van der Waals surface area contributed by atoms with Crippen LogP contribution in [0.4, 0.5) is 5.69 Å². The number of Topliss-reactive ketones (excluding diaryl/α,β-unsaturated/α-hetero) is 1. The summed E-state index contributed by atoms with van der Waals surface area (Å²) in [6, 6.07) is 18.9. The molecule has 0 aliphatic carbocycles. The molecule has 0 amide bonds. The maximum Gasteiger partial charge on any atom is 0.339 e. The molecule has 0 saturated carbocycles. The monoisotopic (exact) mass is 476 g/mol. The molecule has 0 aliphatic heterocycles. The fourth-order valence-electron chi connectivity index (χ4n) is 3.36. The van der Waals surface area contributed by atoms with E-state index in [1.807, 2.05) is 12.1 Å².